The first kappa shape index (κ1) is 18.7. The van der Waals surface area contributed by atoms with Gasteiger partial charge in [0.15, 0.2) is 29.9 Å². The molecular formula is C15H8ClF5N2O2. The molecule has 0 saturated carbocycles. The number of nitrogens with zero attached hydrogens (tertiary/aromatic N) is 1. The third kappa shape index (κ3) is 4.44. The quantitative estimate of drug-likeness (QED) is 0.284. The summed E-state index contributed by atoms with van der Waals surface area (Å²) in [6.45, 7) is -0.504. The van der Waals surface area contributed by atoms with Gasteiger partial charge < -0.3 is 4.74 Å². The number of benzene rings is 2. The summed E-state index contributed by atoms with van der Waals surface area (Å²) in [6, 6.07) is 6.04. The van der Waals surface area contributed by atoms with E-state index in [0.717, 1.165) is 0 Å². The van der Waals surface area contributed by atoms with Gasteiger partial charge in [-0.2, -0.15) is 5.10 Å². The Kier molecular flexibility index (Phi) is 5.92. The van der Waals surface area contributed by atoms with Crippen LogP contribution in [0.15, 0.2) is 29.4 Å². The van der Waals surface area contributed by atoms with E-state index < -0.39 is 47.2 Å². The van der Waals surface area contributed by atoms with Crippen molar-refractivity contribution in [2.45, 2.75) is 0 Å². The van der Waals surface area contributed by atoms with Crippen molar-refractivity contribution >= 4 is 23.7 Å². The van der Waals surface area contributed by atoms with Gasteiger partial charge in [0.25, 0.3) is 5.91 Å². The fourth-order valence-corrected chi connectivity index (χ4v) is 1.74. The van der Waals surface area contributed by atoms with Gasteiger partial charge in [-0.05, 0) is 24.3 Å². The molecule has 2 rings (SSSR count). The van der Waals surface area contributed by atoms with Gasteiger partial charge in [0, 0.05) is 5.02 Å². The Bertz CT molecular complexity index is 799. The number of hydrogen-bond acceptors (Lipinski definition) is 3. The first-order valence-corrected chi connectivity index (χ1v) is 6.90. The Hall–Kier alpha value is -2.68. The van der Waals surface area contributed by atoms with E-state index in [0.29, 0.717) is 17.0 Å². The van der Waals surface area contributed by atoms with Gasteiger partial charge in [-0.3, -0.25) is 4.79 Å². The third-order valence-electron chi connectivity index (χ3n) is 2.81. The average Bonchev–Trinajstić information content (AvgIpc) is 2.60. The standard InChI is InChI=1S/C15H8ClF5N2O2/c16-7-1-3-8(4-2-7)25-6-10(24)23-22-5-9-11(17)13(19)15(21)14(20)12(9)18/h1-5H,6H2,(H,23,24). The molecule has 0 radical (unpaired) electrons. The molecule has 0 unspecified atom stereocenters. The van der Waals surface area contributed by atoms with Gasteiger partial charge in [-0.25, -0.2) is 27.4 Å². The van der Waals surface area contributed by atoms with Crippen LogP contribution in [0.1, 0.15) is 5.56 Å². The highest BCUT2D eigenvalue weighted by atomic mass is 35.5. The molecule has 0 aliphatic rings. The first-order valence-electron chi connectivity index (χ1n) is 6.53. The molecule has 0 heterocycles. The van der Waals surface area contributed by atoms with Crippen molar-refractivity contribution in [1.29, 1.82) is 0 Å². The summed E-state index contributed by atoms with van der Waals surface area (Å²) in [6.07, 6.45) is 0.302. The van der Waals surface area contributed by atoms with Gasteiger partial charge in [-0.15, -0.1) is 0 Å². The zero-order valence-electron chi connectivity index (χ0n) is 12.1. The fraction of sp³-hybridized carbons (Fsp3) is 0.0667. The molecule has 0 aliphatic carbocycles. The Morgan fingerprint density at radius 2 is 1.52 bits per heavy atom. The van der Waals surface area contributed by atoms with Crippen LogP contribution in [-0.4, -0.2) is 18.7 Å². The maximum atomic E-state index is 13.4. The number of rotatable bonds is 5. The topological polar surface area (TPSA) is 50.7 Å². The molecule has 1 N–H and O–H groups in total. The van der Waals surface area contributed by atoms with Crippen molar-refractivity contribution in [3.05, 3.63) is 63.9 Å². The summed E-state index contributed by atoms with van der Waals surface area (Å²) in [5, 5.41) is 3.60. The van der Waals surface area contributed by atoms with Crippen molar-refractivity contribution < 1.29 is 31.5 Å². The second-order valence-corrected chi connectivity index (χ2v) is 4.96. The number of amides is 1. The van der Waals surface area contributed by atoms with E-state index >= 15 is 0 Å². The molecule has 0 atom stereocenters. The van der Waals surface area contributed by atoms with Crippen molar-refractivity contribution in [2.24, 2.45) is 5.10 Å². The summed E-state index contributed by atoms with van der Waals surface area (Å²) in [7, 11) is 0. The summed E-state index contributed by atoms with van der Waals surface area (Å²) < 4.78 is 70.6. The monoisotopic (exact) mass is 378 g/mol. The lowest BCUT2D eigenvalue weighted by Gasteiger charge is -2.05. The molecule has 132 valence electrons. The van der Waals surface area contributed by atoms with Crippen LogP contribution in [0, 0.1) is 29.1 Å². The van der Waals surface area contributed by atoms with E-state index in [1.807, 2.05) is 5.43 Å². The summed E-state index contributed by atoms with van der Waals surface area (Å²) in [5.74, 6) is -11.1. The zero-order chi connectivity index (χ0) is 18.6. The third-order valence-corrected chi connectivity index (χ3v) is 3.06. The van der Waals surface area contributed by atoms with E-state index in [2.05, 4.69) is 5.10 Å². The Morgan fingerprint density at radius 3 is 2.08 bits per heavy atom. The van der Waals surface area contributed by atoms with E-state index in [1.165, 1.54) is 24.3 Å². The largest absolute Gasteiger partial charge is 0.484 e. The van der Waals surface area contributed by atoms with E-state index in [9.17, 15) is 26.7 Å². The van der Waals surface area contributed by atoms with Crippen molar-refractivity contribution in [1.82, 2.24) is 5.43 Å². The molecule has 0 bridgehead atoms. The van der Waals surface area contributed by atoms with Crippen LogP contribution in [0.25, 0.3) is 0 Å². The number of carbonyl (C=O) groups excluding carboxylic acids is 1. The summed E-state index contributed by atoms with van der Waals surface area (Å²) >= 11 is 5.67. The molecule has 0 aromatic heterocycles. The highest BCUT2D eigenvalue weighted by Gasteiger charge is 2.24. The molecule has 25 heavy (non-hydrogen) atoms. The Labute approximate surface area is 142 Å². The molecule has 10 heteroatoms. The molecule has 2 aromatic carbocycles. The molecule has 0 aliphatic heterocycles. The van der Waals surface area contributed by atoms with Gasteiger partial charge in [0.2, 0.25) is 5.82 Å². The summed E-state index contributed by atoms with van der Waals surface area (Å²) in [4.78, 5) is 11.5. The normalized spacial score (nSPS) is 11.0. The van der Waals surface area contributed by atoms with E-state index in [4.69, 9.17) is 16.3 Å². The lowest BCUT2D eigenvalue weighted by atomic mass is 10.2. The van der Waals surface area contributed by atoms with Crippen LogP contribution in [0.4, 0.5) is 22.0 Å². The Morgan fingerprint density at radius 1 is 1.00 bits per heavy atom. The van der Waals surface area contributed by atoms with Crippen molar-refractivity contribution in [2.75, 3.05) is 6.61 Å². The minimum Gasteiger partial charge on any atom is -0.484 e. The number of hydrazone groups is 1. The second kappa shape index (κ2) is 7.93. The molecular weight excluding hydrogens is 371 g/mol. The van der Waals surface area contributed by atoms with E-state index in [1.54, 1.807) is 0 Å². The number of carbonyl (C=O) groups is 1. The molecule has 1 amide bonds. The van der Waals surface area contributed by atoms with Gasteiger partial charge in [0.05, 0.1) is 11.8 Å². The fourth-order valence-electron chi connectivity index (χ4n) is 1.62. The van der Waals surface area contributed by atoms with Crippen LogP contribution in [0.3, 0.4) is 0 Å². The van der Waals surface area contributed by atoms with Crippen molar-refractivity contribution in [3.8, 4) is 5.75 Å². The predicted octanol–water partition coefficient (Wildman–Crippen LogP) is 3.56. The Balaban J connectivity index is 1.99. The van der Waals surface area contributed by atoms with Gasteiger partial charge >= 0.3 is 0 Å². The van der Waals surface area contributed by atoms with Gasteiger partial charge in [-0.1, -0.05) is 11.6 Å². The van der Waals surface area contributed by atoms with E-state index in [-0.39, 0.29) is 0 Å². The minimum atomic E-state index is -2.28. The van der Waals surface area contributed by atoms with Crippen LogP contribution >= 0.6 is 11.6 Å². The average molecular weight is 379 g/mol. The van der Waals surface area contributed by atoms with Crippen LogP contribution in [0.5, 0.6) is 5.75 Å². The minimum absolute atomic E-state index is 0.302. The van der Waals surface area contributed by atoms with Crippen LogP contribution in [0.2, 0.25) is 5.02 Å². The lowest BCUT2D eigenvalue weighted by molar-refractivity contribution is -0.123. The van der Waals surface area contributed by atoms with Crippen molar-refractivity contribution in [3.63, 3.8) is 0 Å². The van der Waals surface area contributed by atoms with Gasteiger partial charge in [0.1, 0.15) is 5.75 Å². The second-order valence-electron chi connectivity index (χ2n) is 4.52. The first-order chi connectivity index (χ1) is 11.8. The maximum Gasteiger partial charge on any atom is 0.277 e. The van der Waals surface area contributed by atoms with Crippen LogP contribution < -0.4 is 10.2 Å². The highest BCUT2D eigenvalue weighted by molar-refractivity contribution is 6.30. The number of ether oxygens (including phenoxy) is 1. The molecule has 4 nitrogen and oxygen atoms in total. The highest BCUT2D eigenvalue weighted by Crippen LogP contribution is 2.21. The molecule has 0 spiro atoms. The summed E-state index contributed by atoms with van der Waals surface area (Å²) in [5.41, 5.74) is 0.546. The lowest BCUT2D eigenvalue weighted by Crippen LogP contribution is -2.24. The zero-order valence-corrected chi connectivity index (χ0v) is 12.9. The molecule has 0 fully saturated rings. The predicted molar refractivity (Wildman–Crippen MR) is 78.9 cm³/mol. The molecule has 2 aromatic rings. The molecule has 0 saturated heterocycles. The number of halogens is 6. The number of hydrogen-bond donors (Lipinski definition) is 1. The number of nitrogens with one attached hydrogen (secondary N) is 1. The maximum absolute atomic E-state index is 13.4. The SMILES string of the molecule is O=C(COc1ccc(Cl)cc1)NN=Cc1c(F)c(F)c(F)c(F)c1F. The van der Waals surface area contributed by atoms with Crippen LogP contribution in [-0.2, 0) is 4.79 Å². The smallest absolute Gasteiger partial charge is 0.277 e.